The van der Waals surface area contributed by atoms with Gasteiger partial charge in [0.15, 0.2) is 0 Å². The van der Waals surface area contributed by atoms with Crippen LogP contribution in [0.1, 0.15) is 43.5 Å². The molecule has 0 aromatic carbocycles. The number of hydrogen-bond acceptors (Lipinski definition) is 3. The molecular formula is C13H21N3. The van der Waals surface area contributed by atoms with E-state index in [1.54, 1.807) is 0 Å². The summed E-state index contributed by atoms with van der Waals surface area (Å²) < 4.78 is 0. The second-order valence-corrected chi connectivity index (χ2v) is 4.60. The van der Waals surface area contributed by atoms with Crippen LogP contribution in [0.3, 0.4) is 0 Å². The highest BCUT2D eigenvalue weighted by atomic mass is 15.2. The number of rotatable bonds is 3. The topological polar surface area (TPSA) is 42.1 Å². The molecule has 0 unspecified atom stereocenters. The van der Waals surface area contributed by atoms with E-state index in [0.717, 1.165) is 5.69 Å². The lowest BCUT2D eigenvalue weighted by atomic mass is 10.0. The summed E-state index contributed by atoms with van der Waals surface area (Å²) in [4.78, 5) is 6.93. The molecule has 0 aliphatic carbocycles. The number of hydrogen-bond donors (Lipinski definition) is 1. The molecule has 1 atom stereocenters. The van der Waals surface area contributed by atoms with Crippen molar-refractivity contribution in [2.75, 3.05) is 18.8 Å². The van der Waals surface area contributed by atoms with Gasteiger partial charge >= 0.3 is 0 Å². The standard InChI is InChI=1S/C13H21N3/c1-3-8-16-9-4-5-12(16)11-6-7-13(14)15-10(11)2/h6-7,12H,3-5,8-9H2,1-2H3,(H2,14,15)/t12-/m0/s1. The maximum Gasteiger partial charge on any atom is 0.123 e. The number of aromatic nitrogens is 1. The minimum Gasteiger partial charge on any atom is -0.384 e. The quantitative estimate of drug-likeness (QED) is 0.849. The summed E-state index contributed by atoms with van der Waals surface area (Å²) in [7, 11) is 0. The van der Waals surface area contributed by atoms with Crippen molar-refractivity contribution in [1.29, 1.82) is 0 Å². The van der Waals surface area contributed by atoms with E-state index in [9.17, 15) is 0 Å². The third kappa shape index (κ3) is 2.19. The highest BCUT2D eigenvalue weighted by molar-refractivity contribution is 5.35. The fourth-order valence-corrected chi connectivity index (χ4v) is 2.68. The predicted octanol–water partition coefficient (Wildman–Crippen LogP) is 2.52. The normalized spacial score (nSPS) is 21.5. The zero-order chi connectivity index (χ0) is 11.5. The van der Waals surface area contributed by atoms with Gasteiger partial charge in [0.1, 0.15) is 5.82 Å². The van der Waals surface area contributed by atoms with E-state index >= 15 is 0 Å². The van der Waals surface area contributed by atoms with Crippen LogP contribution in [0.15, 0.2) is 12.1 Å². The first-order valence-corrected chi connectivity index (χ1v) is 6.19. The molecule has 2 N–H and O–H groups in total. The van der Waals surface area contributed by atoms with E-state index in [1.807, 2.05) is 6.07 Å². The van der Waals surface area contributed by atoms with Gasteiger partial charge in [-0.25, -0.2) is 4.98 Å². The molecule has 0 radical (unpaired) electrons. The molecule has 2 heterocycles. The van der Waals surface area contributed by atoms with Gasteiger partial charge in [-0.3, -0.25) is 4.90 Å². The SMILES string of the molecule is CCCN1CCC[C@H]1c1ccc(N)nc1C. The molecule has 0 amide bonds. The van der Waals surface area contributed by atoms with Crippen LogP contribution in [-0.4, -0.2) is 23.0 Å². The second kappa shape index (κ2) is 4.83. The molecule has 16 heavy (non-hydrogen) atoms. The summed E-state index contributed by atoms with van der Waals surface area (Å²) in [5.41, 5.74) is 8.15. The molecule has 1 aliphatic heterocycles. The van der Waals surface area contributed by atoms with Gasteiger partial charge in [-0.05, 0) is 50.9 Å². The van der Waals surface area contributed by atoms with Crippen molar-refractivity contribution in [1.82, 2.24) is 9.88 Å². The minimum absolute atomic E-state index is 0.563. The third-order valence-electron chi connectivity index (χ3n) is 3.38. The summed E-state index contributed by atoms with van der Waals surface area (Å²) >= 11 is 0. The maximum atomic E-state index is 5.69. The molecule has 88 valence electrons. The summed E-state index contributed by atoms with van der Waals surface area (Å²) in [6, 6.07) is 4.63. The van der Waals surface area contributed by atoms with E-state index in [0.29, 0.717) is 11.9 Å². The van der Waals surface area contributed by atoms with E-state index in [-0.39, 0.29) is 0 Å². The Balaban J connectivity index is 2.22. The Morgan fingerprint density at radius 2 is 2.31 bits per heavy atom. The molecule has 1 aliphatic rings. The molecule has 0 bridgehead atoms. The minimum atomic E-state index is 0.563. The van der Waals surface area contributed by atoms with Gasteiger partial charge < -0.3 is 5.73 Å². The van der Waals surface area contributed by atoms with Crippen LogP contribution in [-0.2, 0) is 0 Å². The Hall–Kier alpha value is -1.09. The Morgan fingerprint density at radius 1 is 1.50 bits per heavy atom. The largest absolute Gasteiger partial charge is 0.384 e. The van der Waals surface area contributed by atoms with Crippen molar-refractivity contribution in [3.63, 3.8) is 0 Å². The lowest BCUT2D eigenvalue weighted by Crippen LogP contribution is -2.24. The van der Waals surface area contributed by atoms with Crippen LogP contribution in [0.4, 0.5) is 5.82 Å². The lowest BCUT2D eigenvalue weighted by molar-refractivity contribution is 0.257. The van der Waals surface area contributed by atoms with Crippen molar-refractivity contribution in [2.45, 2.75) is 39.2 Å². The van der Waals surface area contributed by atoms with Crippen LogP contribution in [0.25, 0.3) is 0 Å². The maximum absolute atomic E-state index is 5.69. The molecule has 3 heteroatoms. The molecule has 0 spiro atoms. The highest BCUT2D eigenvalue weighted by Gasteiger charge is 2.26. The second-order valence-electron chi connectivity index (χ2n) is 4.60. The zero-order valence-corrected chi connectivity index (χ0v) is 10.2. The van der Waals surface area contributed by atoms with Gasteiger partial charge in [-0.1, -0.05) is 13.0 Å². The Morgan fingerprint density at radius 3 is 3.00 bits per heavy atom. The summed E-state index contributed by atoms with van der Waals surface area (Å²) in [5.74, 6) is 0.626. The molecule has 3 nitrogen and oxygen atoms in total. The van der Waals surface area contributed by atoms with E-state index in [4.69, 9.17) is 5.73 Å². The smallest absolute Gasteiger partial charge is 0.123 e. The third-order valence-corrected chi connectivity index (χ3v) is 3.38. The van der Waals surface area contributed by atoms with Gasteiger partial charge in [0.2, 0.25) is 0 Å². The lowest BCUT2D eigenvalue weighted by Gasteiger charge is -2.25. The fraction of sp³-hybridized carbons (Fsp3) is 0.615. The van der Waals surface area contributed by atoms with E-state index < -0.39 is 0 Å². The van der Waals surface area contributed by atoms with Crippen molar-refractivity contribution >= 4 is 5.82 Å². The number of anilines is 1. The van der Waals surface area contributed by atoms with Gasteiger partial charge in [0.25, 0.3) is 0 Å². The summed E-state index contributed by atoms with van der Waals surface area (Å²) in [6.45, 7) is 6.72. The van der Waals surface area contributed by atoms with E-state index in [1.165, 1.54) is 37.9 Å². The van der Waals surface area contributed by atoms with Gasteiger partial charge in [-0.2, -0.15) is 0 Å². The van der Waals surface area contributed by atoms with Crippen LogP contribution < -0.4 is 5.73 Å². The first-order valence-electron chi connectivity index (χ1n) is 6.19. The van der Waals surface area contributed by atoms with E-state index in [2.05, 4.69) is 29.8 Å². The monoisotopic (exact) mass is 219 g/mol. The predicted molar refractivity (Wildman–Crippen MR) is 67.2 cm³/mol. The summed E-state index contributed by atoms with van der Waals surface area (Å²) in [5, 5.41) is 0. The molecule has 1 fully saturated rings. The molecule has 2 rings (SSSR count). The van der Waals surface area contributed by atoms with Crippen molar-refractivity contribution in [2.24, 2.45) is 0 Å². The number of nitrogen functional groups attached to an aromatic ring is 1. The van der Waals surface area contributed by atoms with Crippen LogP contribution >= 0.6 is 0 Å². The molecule has 0 saturated carbocycles. The molecule has 1 aromatic heterocycles. The van der Waals surface area contributed by atoms with Crippen LogP contribution in [0, 0.1) is 6.92 Å². The fourth-order valence-electron chi connectivity index (χ4n) is 2.68. The van der Waals surface area contributed by atoms with Gasteiger partial charge in [0, 0.05) is 11.7 Å². The number of nitrogens with two attached hydrogens (primary N) is 1. The van der Waals surface area contributed by atoms with Crippen LogP contribution in [0.5, 0.6) is 0 Å². The number of likely N-dealkylation sites (tertiary alicyclic amines) is 1. The highest BCUT2D eigenvalue weighted by Crippen LogP contribution is 2.33. The number of nitrogens with zero attached hydrogens (tertiary/aromatic N) is 2. The van der Waals surface area contributed by atoms with Crippen molar-refractivity contribution in [3.05, 3.63) is 23.4 Å². The summed E-state index contributed by atoms with van der Waals surface area (Å²) in [6.07, 6.45) is 3.78. The number of aryl methyl sites for hydroxylation is 1. The average Bonchev–Trinajstić information content (AvgIpc) is 2.67. The van der Waals surface area contributed by atoms with Crippen molar-refractivity contribution < 1.29 is 0 Å². The molecule has 1 aromatic rings. The van der Waals surface area contributed by atoms with Crippen LogP contribution in [0.2, 0.25) is 0 Å². The average molecular weight is 219 g/mol. The first-order chi connectivity index (χ1) is 7.72. The van der Waals surface area contributed by atoms with Gasteiger partial charge in [0.05, 0.1) is 0 Å². The Bertz CT molecular complexity index is 362. The zero-order valence-electron chi connectivity index (χ0n) is 10.2. The Labute approximate surface area is 97.7 Å². The first kappa shape index (κ1) is 11.4. The Kier molecular flexibility index (Phi) is 3.44. The van der Waals surface area contributed by atoms with Gasteiger partial charge in [-0.15, -0.1) is 0 Å². The molecule has 1 saturated heterocycles. The van der Waals surface area contributed by atoms with Crippen molar-refractivity contribution in [3.8, 4) is 0 Å². The number of pyridine rings is 1. The molecular weight excluding hydrogens is 198 g/mol.